The minimum absolute atomic E-state index is 0.0468. The van der Waals surface area contributed by atoms with E-state index in [9.17, 15) is 13.2 Å². The molecule has 2 heterocycles. The number of thioether (sulfide) groups is 1. The first kappa shape index (κ1) is 23.6. The van der Waals surface area contributed by atoms with Crippen molar-refractivity contribution < 1.29 is 13.2 Å². The van der Waals surface area contributed by atoms with Crippen molar-refractivity contribution in [3.05, 3.63) is 29.8 Å². The SMILES string of the molecule is CCCN(C(=O)CSc1nnc(-c2ccc(C(C)(C)C)cc2)n1N)C1CCS(=O)(=O)C1. The Hall–Kier alpha value is -2.07. The maximum Gasteiger partial charge on any atom is 0.233 e. The zero-order valence-electron chi connectivity index (χ0n) is 18.5. The van der Waals surface area contributed by atoms with Crippen molar-refractivity contribution in [3.63, 3.8) is 0 Å². The van der Waals surface area contributed by atoms with Crippen LogP contribution in [0.5, 0.6) is 0 Å². The lowest BCUT2D eigenvalue weighted by Crippen LogP contribution is -2.42. The van der Waals surface area contributed by atoms with Gasteiger partial charge >= 0.3 is 0 Å². The summed E-state index contributed by atoms with van der Waals surface area (Å²) in [5.74, 6) is 6.96. The van der Waals surface area contributed by atoms with Gasteiger partial charge in [-0.1, -0.05) is 63.7 Å². The Kier molecular flexibility index (Phi) is 7.00. The lowest BCUT2D eigenvalue weighted by Gasteiger charge is -2.27. The van der Waals surface area contributed by atoms with Crippen molar-refractivity contribution >= 4 is 27.5 Å². The molecular weight excluding hydrogens is 434 g/mol. The second kappa shape index (κ2) is 9.20. The summed E-state index contributed by atoms with van der Waals surface area (Å²) in [7, 11) is -3.05. The molecule has 31 heavy (non-hydrogen) atoms. The van der Waals surface area contributed by atoms with Gasteiger partial charge in [0, 0.05) is 18.2 Å². The predicted octanol–water partition coefficient (Wildman–Crippen LogP) is 2.47. The molecular formula is C21H31N5O3S2. The van der Waals surface area contributed by atoms with E-state index in [4.69, 9.17) is 5.84 Å². The number of nitrogens with two attached hydrogens (primary N) is 1. The number of rotatable bonds is 7. The third-order valence-corrected chi connectivity index (χ3v) is 8.11. The molecule has 2 aromatic rings. The van der Waals surface area contributed by atoms with Gasteiger partial charge in [0.2, 0.25) is 11.1 Å². The van der Waals surface area contributed by atoms with Crippen LogP contribution in [0.15, 0.2) is 29.4 Å². The van der Waals surface area contributed by atoms with Crippen LogP contribution in [0.2, 0.25) is 0 Å². The zero-order chi connectivity index (χ0) is 22.8. The molecule has 170 valence electrons. The van der Waals surface area contributed by atoms with Crippen LogP contribution >= 0.6 is 11.8 Å². The van der Waals surface area contributed by atoms with Crippen LogP contribution in [0.1, 0.15) is 46.1 Å². The second-order valence-electron chi connectivity index (χ2n) is 8.94. The van der Waals surface area contributed by atoms with Gasteiger partial charge in [0.1, 0.15) is 0 Å². The lowest BCUT2D eigenvalue weighted by atomic mass is 9.87. The molecule has 1 fully saturated rings. The number of carbonyl (C=O) groups is 1. The van der Waals surface area contributed by atoms with Crippen molar-refractivity contribution in [1.29, 1.82) is 0 Å². The minimum Gasteiger partial charge on any atom is -0.338 e. The quantitative estimate of drug-likeness (QED) is 0.494. The van der Waals surface area contributed by atoms with Crippen LogP contribution < -0.4 is 5.84 Å². The Balaban J connectivity index is 1.68. The molecule has 0 spiro atoms. The van der Waals surface area contributed by atoms with Crippen molar-refractivity contribution in [2.75, 3.05) is 29.6 Å². The Labute approximate surface area is 188 Å². The van der Waals surface area contributed by atoms with Gasteiger partial charge in [-0.05, 0) is 23.8 Å². The van der Waals surface area contributed by atoms with E-state index in [1.807, 2.05) is 19.1 Å². The topological polar surface area (TPSA) is 111 Å². The molecule has 1 atom stereocenters. The molecule has 1 aromatic carbocycles. The summed E-state index contributed by atoms with van der Waals surface area (Å²) in [5, 5.41) is 8.79. The van der Waals surface area contributed by atoms with Crippen LogP contribution in [-0.4, -0.2) is 63.9 Å². The van der Waals surface area contributed by atoms with E-state index >= 15 is 0 Å². The molecule has 1 aliphatic rings. The largest absolute Gasteiger partial charge is 0.338 e. The average molecular weight is 466 g/mol. The zero-order valence-corrected chi connectivity index (χ0v) is 20.2. The Bertz CT molecular complexity index is 1030. The van der Waals surface area contributed by atoms with Gasteiger partial charge in [-0.2, -0.15) is 0 Å². The minimum atomic E-state index is -3.05. The number of aromatic nitrogens is 3. The van der Waals surface area contributed by atoms with E-state index < -0.39 is 9.84 Å². The summed E-state index contributed by atoms with van der Waals surface area (Å²) in [6, 6.07) is 7.80. The molecule has 1 unspecified atom stereocenters. The van der Waals surface area contributed by atoms with Crippen molar-refractivity contribution in [2.45, 2.75) is 57.1 Å². The van der Waals surface area contributed by atoms with E-state index in [0.29, 0.717) is 23.9 Å². The van der Waals surface area contributed by atoms with E-state index in [0.717, 1.165) is 12.0 Å². The average Bonchev–Trinajstić information content (AvgIpc) is 3.25. The summed E-state index contributed by atoms with van der Waals surface area (Å²) in [4.78, 5) is 14.5. The highest BCUT2D eigenvalue weighted by Crippen LogP contribution is 2.27. The summed E-state index contributed by atoms with van der Waals surface area (Å²) in [6.07, 6.45) is 1.27. The first-order chi connectivity index (χ1) is 14.5. The number of nitrogens with zero attached hydrogens (tertiary/aromatic N) is 4. The number of carbonyl (C=O) groups excluding carboxylic acids is 1. The Morgan fingerprint density at radius 1 is 1.26 bits per heavy atom. The Morgan fingerprint density at radius 2 is 1.94 bits per heavy atom. The molecule has 0 radical (unpaired) electrons. The van der Waals surface area contributed by atoms with Crippen molar-refractivity contribution in [3.8, 4) is 11.4 Å². The van der Waals surface area contributed by atoms with Crippen molar-refractivity contribution in [1.82, 2.24) is 19.8 Å². The van der Waals surface area contributed by atoms with Crippen LogP contribution in [0.4, 0.5) is 0 Å². The number of hydrogen-bond acceptors (Lipinski definition) is 7. The number of sulfone groups is 1. The fraction of sp³-hybridized carbons (Fsp3) is 0.571. The van der Waals surface area contributed by atoms with Gasteiger partial charge in [0.05, 0.1) is 17.3 Å². The fourth-order valence-electron chi connectivity index (χ4n) is 3.67. The number of nitrogen functional groups attached to an aromatic ring is 1. The molecule has 3 rings (SSSR count). The molecule has 1 aliphatic heterocycles. The molecule has 1 aromatic heterocycles. The van der Waals surface area contributed by atoms with Crippen LogP contribution in [-0.2, 0) is 20.0 Å². The predicted molar refractivity (Wildman–Crippen MR) is 124 cm³/mol. The number of hydrogen-bond donors (Lipinski definition) is 1. The number of benzene rings is 1. The summed E-state index contributed by atoms with van der Waals surface area (Å²) in [6.45, 7) is 8.98. The van der Waals surface area contributed by atoms with E-state index in [1.165, 1.54) is 22.0 Å². The van der Waals surface area contributed by atoms with Gasteiger partial charge < -0.3 is 10.7 Å². The first-order valence-corrected chi connectivity index (χ1v) is 13.3. The first-order valence-electron chi connectivity index (χ1n) is 10.5. The molecule has 0 bridgehead atoms. The second-order valence-corrected chi connectivity index (χ2v) is 12.1. The molecule has 2 N–H and O–H groups in total. The normalized spacial score (nSPS) is 18.3. The van der Waals surface area contributed by atoms with Gasteiger partial charge in [0.15, 0.2) is 15.7 Å². The van der Waals surface area contributed by atoms with Crippen molar-refractivity contribution in [2.24, 2.45) is 0 Å². The highest BCUT2D eigenvalue weighted by Gasteiger charge is 2.34. The molecule has 0 saturated carbocycles. The highest BCUT2D eigenvalue weighted by molar-refractivity contribution is 7.99. The van der Waals surface area contributed by atoms with Crippen LogP contribution in [0.25, 0.3) is 11.4 Å². The number of amides is 1. The molecule has 10 heteroatoms. The Morgan fingerprint density at radius 3 is 2.48 bits per heavy atom. The summed E-state index contributed by atoms with van der Waals surface area (Å²) >= 11 is 1.21. The molecule has 1 amide bonds. The van der Waals surface area contributed by atoms with E-state index in [1.54, 1.807) is 4.90 Å². The third-order valence-electron chi connectivity index (χ3n) is 5.43. The molecule has 8 nitrogen and oxygen atoms in total. The van der Waals surface area contributed by atoms with Gasteiger partial charge in [-0.15, -0.1) is 10.2 Å². The van der Waals surface area contributed by atoms with Crippen LogP contribution in [0.3, 0.4) is 0 Å². The third kappa shape index (κ3) is 5.60. The highest BCUT2D eigenvalue weighted by atomic mass is 32.2. The monoisotopic (exact) mass is 465 g/mol. The smallest absolute Gasteiger partial charge is 0.233 e. The molecule has 0 aliphatic carbocycles. The van der Waals surface area contributed by atoms with Gasteiger partial charge in [0.25, 0.3) is 0 Å². The van der Waals surface area contributed by atoms with E-state index in [2.05, 4.69) is 43.1 Å². The summed E-state index contributed by atoms with van der Waals surface area (Å²) < 4.78 is 25.1. The standard InChI is InChI=1S/C21H31N5O3S2/c1-5-11-25(17-10-12-31(28,29)14-17)18(27)13-30-20-24-23-19(26(20)22)15-6-8-16(9-7-15)21(2,3)4/h6-9,17H,5,10-14,22H2,1-4H3. The van der Waals surface area contributed by atoms with Gasteiger partial charge in [-0.25, -0.2) is 13.1 Å². The molecule has 1 saturated heterocycles. The summed E-state index contributed by atoms with van der Waals surface area (Å²) in [5.41, 5.74) is 2.12. The maximum atomic E-state index is 12.8. The lowest BCUT2D eigenvalue weighted by molar-refractivity contribution is -0.130. The van der Waals surface area contributed by atoms with Gasteiger partial charge in [-0.3, -0.25) is 4.79 Å². The fourth-order valence-corrected chi connectivity index (χ4v) is 6.15. The maximum absolute atomic E-state index is 12.8. The van der Waals surface area contributed by atoms with E-state index in [-0.39, 0.29) is 34.6 Å². The van der Waals surface area contributed by atoms with Crippen LogP contribution in [0, 0.1) is 0 Å².